The number of Topliss-reactive ketones (excluding diaryl/α,β-unsaturated/α-hetero) is 2. The van der Waals surface area contributed by atoms with E-state index in [1.54, 1.807) is 0 Å². The van der Waals surface area contributed by atoms with E-state index in [0.717, 1.165) is 0 Å². The van der Waals surface area contributed by atoms with Crippen LogP contribution in [0.3, 0.4) is 0 Å². The molecule has 50 valence electrons. The zero-order valence-electron chi connectivity index (χ0n) is 5.18. The molecule has 0 heterocycles. The summed E-state index contributed by atoms with van der Waals surface area (Å²) in [5.41, 5.74) is -1.36. The molecular formula is C6H8O3. The maximum Gasteiger partial charge on any atom is 0.229 e. The van der Waals surface area contributed by atoms with Gasteiger partial charge < -0.3 is 5.11 Å². The monoisotopic (exact) mass is 128 g/mol. The molecule has 1 N–H and O–H groups in total. The Morgan fingerprint density at radius 3 is 2.22 bits per heavy atom. The fourth-order valence-corrected chi connectivity index (χ4v) is 0.884. The van der Waals surface area contributed by atoms with Gasteiger partial charge in [0.15, 0.2) is 0 Å². The van der Waals surface area contributed by atoms with Crippen molar-refractivity contribution < 1.29 is 14.7 Å². The Morgan fingerprint density at radius 1 is 1.56 bits per heavy atom. The van der Waals surface area contributed by atoms with Gasteiger partial charge in [-0.05, 0) is 13.3 Å². The highest BCUT2D eigenvalue weighted by atomic mass is 16.3. The first kappa shape index (κ1) is 6.42. The first-order chi connectivity index (χ1) is 4.04. The summed E-state index contributed by atoms with van der Waals surface area (Å²) in [5, 5.41) is 9.06. The highest BCUT2D eigenvalue weighted by molar-refractivity contribution is 6.42. The van der Waals surface area contributed by atoms with Crippen LogP contribution in [0.4, 0.5) is 0 Å². The molecule has 0 radical (unpaired) electrons. The lowest BCUT2D eigenvalue weighted by Crippen LogP contribution is -2.31. The van der Waals surface area contributed by atoms with Crippen LogP contribution >= 0.6 is 0 Å². The van der Waals surface area contributed by atoms with E-state index in [2.05, 4.69) is 0 Å². The second kappa shape index (κ2) is 1.64. The SMILES string of the molecule is C[C@]1(O)CCC(=O)C1=O. The van der Waals surface area contributed by atoms with Crippen LogP contribution in [0.2, 0.25) is 0 Å². The fourth-order valence-electron chi connectivity index (χ4n) is 0.884. The van der Waals surface area contributed by atoms with E-state index in [0.29, 0.717) is 0 Å². The van der Waals surface area contributed by atoms with Crippen molar-refractivity contribution in [2.45, 2.75) is 25.4 Å². The molecule has 0 spiro atoms. The van der Waals surface area contributed by atoms with Gasteiger partial charge in [0.25, 0.3) is 0 Å². The maximum absolute atomic E-state index is 10.6. The average Bonchev–Trinajstić information content (AvgIpc) is 1.97. The molecule has 1 saturated carbocycles. The van der Waals surface area contributed by atoms with Crippen molar-refractivity contribution in [2.75, 3.05) is 0 Å². The van der Waals surface area contributed by atoms with E-state index in [9.17, 15) is 9.59 Å². The zero-order valence-corrected chi connectivity index (χ0v) is 5.18. The van der Waals surface area contributed by atoms with Crippen molar-refractivity contribution in [3.63, 3.8) is 0 Å². The molecule has 0 aliphatic heterocycles. The molecule has 0 aromatic heterocycles. The summed E-state index contributed by atoms with van der Waals surface area (Å²) in [6.07, 6.45) is 0.483. The van der Waals surface area contributed by atoms with Crippen LogP contribution in [0.5, 0.6) is 0 Å². The number of ketones is 2. The molecule has 3 heteroatoms. The molecule has 0 unspecified atom stereocenters. The molecule has 1 fully saturated rings. The minimum atomic E-state index is -1.36. The third kappa shape index (κ3) is 0.876. The van der Waals surface area contributed by atoms with Gasteiger partial charge >= 0.3 is 0 Å². The predicted molar refractivity (Wildman–Crippen MR) is 29.9 cm³/mol. The maximum atomic E-state index is 10.6. The summed E-state index contributed by atoms with van der Waals surface area (Å²) >= 11 is 0. The minimum absolute atomic E-state index is 0.200. The van der Waals surface area contributed by atoms with Crippen molar-refractivity contribution in [1.82, 2.24) is 0 Å². The lowest BCUT2D eigenvalue weighted by atomic mass is 10.1. The van der Waals surface area contributed by atoms with Crippen LogP contribution in [0.25, 0.3) is 0 Å². The quantitative estimate of drug-likeness (QED) is 0.454. The molecule has 1 atom stereocenters. The molecular weight excluding hydrogens is 120 g/mol. The first-order valence-corrected chi connectivity index (χ1v) is 2.84. The van der Waals surface area contributed by atoms with E-state index < -0.39 is 17.2 Å². The van der Waals surface area contributed by atoms with Gasteiger partial charge in [-0.25, -0.2) is 0 Å². The smallest absolute Gasteiger partial charge is 0.229 e. The third-order valence-corrected chi connectivity index (χ3v) is 1.58. The van der Waals surface area contributed by atoms with Crippen LogP contribution in [0, 0.1) is 0 Å². The highest BCUT2D eigenvalue weighted by Gasteiger charge is 2.41. The van der Waals surface area contributed by atoms with Gasteiger partial charge in [0.05, 0.1) is 0 Å². The van der Waals surface area contributed by atoms with Gasteiger partial charge in [0.1, 0.15) is 5.60 Å². The average molecular weight is 128 g/mol. The fraction of sp³-hybridized carbons (Fsp3) is 0.667. The molecule has 9 heavy (non-hydrogen) atoms. The zero-order chi connectivity index (χ0) is 7.07. The number of hydrogen-bond donors (Lipinski definition) is 1. The van der Waals surface area contributed by atoms with Crippen LogP contribution in [0.1, 0.15) is 19.8 Å². The van der Waals surface area contributed by atoms with Crippen LogP contribution in [-0.4, -0.2) is 22.3 Å². The van der Waals surface area contributed by atoms with Gasteiger partial charge in [0, 0.05) is 6.42 Å². The summed E-state index contributed by atoms with van der Waals surface area (Å²) in [7, 11) is 0. The number of rotatable bonds is 0. The standard InChI is InChI=1S/C6H8O3/c1-6(9)3-2-4(7)5(6)8/h9H,2-3H2,1H3/t6-/m0/s1. The number of aliphatic hydroxyl groups is 1. The molecule has 0 aromatic rings. The molecule has 0 amide bonds. The Bertz CT molecular complexity index is 169. The second-order valence-electron chi connectivity index (χ2n) is 2.53. The summed E-state index contributed by atoms with van der Waals surface area (Å²) in [4.78, 5) is 21.1. The predicted octanol–water partition coefficient (Wildman–Crippen LogP) is -0.331. The largest absolute Gasteiger partial charge is 0.382 e. The number of hydrogen-bond acceptors (Lipinski definition) is 3. The minimum Gasteiger partial charge on any atom is -0.382 e. The normalized spacial score (nSPS) is 35.8. The summed E-state index contributed by atoms with van der Waals surface area (Å²) in [6, 6.07) is 0. The van der Waals surface area contributed by atoms with Gasteiger partial charge in [-0.15, -0.1) is 0 Å². The summed E-state index contributed by atoms with van der Waals surface area (Å²) < 4.78 is 0. The van der Waals surface area contributed by atoms with E-state index in [1.165, 1.54) is 6.92 Å². The molecule has 0 bridgehead atoms. The van der Waals surface area contributed by atoms with E-state index >= 15 is 0 Å². The molecule has 3 nitrogen and oxygen atoms in total. The molecule has 0 aromatic carbocycles. The van der Waals surface area contributed by atoms with E-state index in [-0.39, 0.29) is 12.8 Å². The Balaban J connectivity index is 2.86. The Morgan fingerprint density at radius 2 is 2.11 bits per heavy atom. The lowest BCUT2D eigenvalue weighted by molar-refractivity contribution is -0.141. The first-order valence-electron chi connectivity index (χ1n) is 2.84. The van der Waals surface area contributed by atoms with Gasteiger partial charge in [0.2, 0.25) is 11.6 Å². The molecule has 1 aliphatic carbocycles. The second-order valence-corrected chi connectivity index (χ2v) is 2.53. The van der Waals surface area contributed by atoms with Crippen molar-refractivity contribution in [3.8, 4) is 0 Å². The van der Waals surface area contributed by atoms with Gasteiger partial charge in [-0.3, -0.25) is 9.59 Å². The van der Waals surface area contributed by atoms with Crippen LogP contribution in [-0.2, 0) is 9.59 Å². The Hall–Kier alpha value is -0.700. The van der Waals surface area contributed by atoms with Crippen molar-refractivity contribution in [2.24, 2.45) is 0 Å². The summed E-state index contributed by atoms with van der Waals surface area (Å²) in [5.74, 6) is -1.08. The number of carbonyl (C=O) groups is 2. The molecule has 1 rings (SSSR count). The third-order valence-electron chi connectivity index (χ3n) is 1.58. The van der Waals surface area contributed by atoms with Crippen molar-refractivity contribution in [3.05, 3.63) is 0 Å². The molecule has 1 aliphatic rings. The van der Waals surface area contributed by atoms with Crippen LogP contribution < -0.4 is 0 Å². The highest BCUT2D eigenvalue weighted by Crippen LogP contribution is 2.21. The topological polar surface area (TPSA) is 54.4 Å². The Labute approximate surface area is 52.7 Å². The summed E-state index contributed by atoms with van der Waals surface area (Å²) in [6.45, 7) is 1.38. The van der Waals surface area contributed by atoms with E-state index in [4.69, 9.17) is 5.11 Å². The van der Waals surface area contributed by atoms with Gasteiger partial charge in [-0.2, -0.15) is 0 Å². The molecule has 0 saturated heterocycles. The number of carbonyl (C=O) groups excluding carboxylic acids is 2. The van der Waals surface area contributed by atoms with Crippen molar-refractivity contribution >= 4 is 11.6 Å². The van der Waals surface area contributed by atoms with Gasteiger partial charge in [-0.1, -0.05) is 0 Å². The lowest BCUT2D eigenvalue weighted by Gasteiger charge is -2.09. The van der Waals surface area contributed by atoms with Crippen LogP contribution in [0.15, 0.2) is 0 Å². The van der Waals surface area contributed by atoms with E-state index in [1.807, 2.05) is 0 Å². The Kier molecular flexibility index (Phi) is 1.17. The van der Waals surface area contributed by atoms with Crippen molar-refractivity contribution in [1.29, 1.82) is 0 Å².